The van der Waals surface area contributed by atoms with Crippen molar-refractivity contribution >= 4 is 5.97 Å². The van der Waals surface area contributed by atoms with E-state index in [0.29, 0.717) is 11.5 Å². The van der Waals surface area contributed by atoms with Crippen molar-refractivity contribution in [2.45, 2.75) is 25.9 Å². The summed E-state index contributed by atoms with van der Waals surface area (Å²) in [5.74, 6) is 0.0691. The molecule has 116 valence electrons. The third-order valence-corrected chi connectivity index (χ3v) is 4.10. The summed E-state index contributed by atoms with van der Waals surface area (Å²) in [7, 11) is 0. The molecule has 5 nitrogen and oxygen atoms in total. The SMILES string of the molecule is CC(OC(=O)c1ccccc1-n1cccn1)C1CCOCC1. The highest BCUT2D eigenvalue weighted by Crippen LogP contribution is 2.23. The summed E-state index contributed by atoms with van der Waals surface area (Å²) in [6.07, 6.45) is 5.27. The predicted molar refractivity (Wildman–Crippen MR) is 82.0 cm³/mol. The van der Waals surface area contributed by atoms with Crippen molar-refractivity contribution in [2.24, 2.45) is 5.92 Å². The van der Waals surface area contributed by atoms with Gasteiger partial charge in [-0.2, -0.15) is 5.10 Å². The number of benzene rings is 1. The van der Waals surface area contributed by atoms with E-state index >= 15 is 0 Å². The summed E-state index contributed by atoms with van der Waals surface area (Å²) >= 11 is 0. The van der Waals surface area contributed by atoms with Crippen LogP contribution in [0.15, 0.2) is 42.7 Å². The zero-order valence-electron chi connectivity index (χ0n) is 12.6. The van der Waals surface area contributed by atoms with Crippen LogP contribution in [0.25, 0.3) is 5.69 Å². The van der Waals surface area contributed by atoms with Crippen LogP contribution in [-0.2, 0) is 9.47 Å². The van der Waals surface area contributed by atoms with E-state index < -0.39 is 0 Å². The van der Waals surface area contributed by atoms with E-state index in [1.54, 1.807) is 16.9 Å². The van der Waals surface area contributed by atoms with E-state index in [1.165, 1.54) is 0 Å². The van der Waals surface area contributed by atoms with Gasteiger partial charge in [-0.1, -0.05) is 12.1 Å². The van der Waals surface area contributed by atoms with E-state index in [0.717, 1.165) is 31.7 Å². The van der Waals surface area contributed by atoms with Gasteiger partial charge in [-0.05, 0) is 38.0 Å². The smallest absolute Gasteiger partial charge is 0.340 e. The molecule has 5 heteroatoms. The highest BCUT2D eigenvalue weighted by molar-refractivity contribution is 5.93. The summed E-state index contributed by atoms with van der Waals surface area (Å²) in [5, 5.41) is 4.19. The van der Waals surface area contributed by atoms with Crippen LogP contribution >= 0.6 is 0 Å². The van der Waals surface area contributed by atoms with Crippen molar-refractivity contribution in [3.05, 3.63) is 48.3 Å². The van der Waals surface area contributed by atoms with Gasteiger partial charge < -0.3 is 9.47 Å². The van der Waals surface area contributed by atoms with Gasteiger partial charge in [0.05, 0.1) is 11.3 Å². The molecule has 1 aliphatic heterocycles. The van der Waals surface area contributed by atoms with Crippen molar-refractivity contribution < 1.29 is 14.3 Å². The summed E-state index contributed by atoms with van der Waals surface area (Å²) in [6.45, 7) is 3.46. The van der Waals surface area contributed by atoms with E-state index in [4.69, 9.17) is 9.47 Å². The monoisotopic (exact) mass is 300 g/mol. The predicted octanol–water partition coefficient (Wildman–Crippen LogP) is 2.84. The standard InChI is InChI=1S/C17H20N2O3/c1-13(14-7-11-21-12-8-14)22-17(20)15-5-2-3-6-16(15)19-10-4-9-18-19/h2-6,9-10,13-14H,7-8,11-12H2,1H3. The Bertz CT molecular complexity index is 619. The van der Waals surface area contributed by atoms with Gasteiger partial charge in [0.2, 0.25) is 0 Å². The van der Waals surface area contributed by atoms with E-state index in [1.807, 2.05) is 37.4 Å². The molecular weight excluding hydrogens is 280 g/mol. The highest BCUT2D eigenvalue weighted by atomic mass is 16.5. The van der Waals surface area contributed by atoms with E-state index in [9.17, 15) is 4.79 Å². The summed E-state index contributed by atoms with van der Waals surface area (Å²) < 4.78 is 12.7. The molecule has 0 saturated carbocycles. The molecule has 1 aromatic carbocycles. The molecule has 0 bridgehead atoms. The lowest BCUT2D eigenvalue weighted by Crippen LogP contribution is -2.29. The second-order valence-corrected chi connectivity index (χ2v) is 5.53. The Balaban J connectivity index is 1.75. The molecule has 22 heavy (non-hydrogen) atoms. The molecule has 1 atom stereocenters. The molecular formula is C17H20N2O3. The van der Waals surface area contributed by atoms with Gasteiger partial charge in [0.25, 0.3) is 0 Å². The molecule has 0 N–H and O–H groups in total. The molecule has 1 unspecified atom stereocenters. The second kappa shape index (κ2) is 6.75. The lowest BCUT2D eigenvalue weighted by molar-refractivity contribution is -0.0118. The molecule has 0 aliphatic carbocycles. The highest BCUT2D eigenvalue weighted by Gasteiger charge is 2.25. The van der Waals surface area contributed by atoms with Crippen molar-refractivity contribution in [1.82, 2.24) is 9.78 Å². The number of ether oxygens (including phenoxy) is 2. The second-order valence-electron chi connectivity index (χ2n) is 5.53. The average Bonchev–Trinajstić information content (AvgIpc) is 3.10. The lowest BCUT2D eigenvalue weighted by Gasteiger charge is -2.27. The Kier molecular flexibility index (Phi) is 4.53. The lowest BCUT2D eigenvalue weighted by atomic mass is 9.95. The summed E-state index contributed by atoms with van der Waals surface area (Å²) in [5.41, 5.74) is 1.27. The molecule has 2 aromatic rings. The molecule has 1 saturated heterocycles. The Labute approximate surface area is 129 Å². The first-order chi connectivity index (χ1) is 10.8. The Morgan fingerprint density at radius 2 is 2.09 bits per heavy atom. The Hall–Kier alpha value is -2.14. The van der Waals surface area contributed by atoms with Crippen LogP contribution in [0.2, 0.25) is 0 Å². The number of para-hydroxylation sites is 1. The molecule has 1 aromatic heterocycles. The number of aromatic nitrogens is 2. The first-order valence-electron chi connectivity index (χ1n) is 7.63. The van der Waals surface area contributed by atoms with Gasteiger partial charge in [-0.25, -0.2) is 9.48 Å². The van der Waals surface area contributed by atoms with Crippen LogP contribution < -0.4 is 0 Å². The number of carbonyl (C=O) groups excluding carboxylic acids is 1. The van der Waals surface area contributed by atoms with Gasteiger partial charge in [-0.15, -0.1) is 0 Å². The molecule has 1 aliphatic rings. The zero-order valence-corrected chi connectivity index (χ0v) is 12.6. The molecule has 3 rings (SSSR count). The van der Waals surface area contributed by atoms with Crippen LogP contribution in [0.4, 0.5) is 0 Å². The summed E-state index contributed by atoms with van der Waals surface area (Å²) in [6, 6.07) is 9.18. The quantitative estimate of drug-likeness (QED) is 0.815. The largest absolute Gasteiger partial charge is 0.459 e. The summed E-state index contributed by atoms with van der Waals surface area (Å²) in [4.78, 5) is 12.5. The average molecular weight is 300 g/mol. The normalized spacial score (nSPS) is 17.1. The number of hydrogen-bond acceptors (Lipinski definition) is 4. The molecule has 0 spiro atoms. The van der Waals surface area contributed by atoms with Crippen LogP contribution in [0, 0.1) is 5.92 Å². The Morgan fingerprint density at radius 3 is 2.82 bits per heavy atom. The third kappa shape index (κ3) is 3.20. The maximum Gasteiger partial charge on any atom is 0.340 e. The minimum Gasteiger partial charge on any atom is -0.459 e. The fourth-order valence-corrected chi connectivity index (χ4v) is 2.77. The van der Waals surface area contributed by atoms with Gasteiger partial charge >= 0.3 is 5.97 Å². The number of carbonyl (C=O) groups is 1. The Morgan fingerprint density at radius 1 is 1.32 bits per heavy atom. The van der Waals surface area contributed by atoms with Crippen molar-refractivity contribution in [3.63, 3.8) is 0 Å². The molecule has 0 amide bonds. The number of esters is 1. The first-order valence-corrected chi connectivity index (χ1v) is 7.63. The minimum atomic E-state index is -0.301. The van der Waals surface area contributed by atoms with E-state index in [2.05, 4.69) is 5.10 Å². The maximum atomic E-state index is 12.5. The van der Waals surface area contributed by atoms with Gasteiger partial charge in [0.1, 0.15) is 6.10 Å². The van der Waals surface area contributed by atoms with Crippen molar-refractivity contribution in [1.29, 1.82) is 0 Å². The van der Waals surface area contributed by atoms with Crippen molar-refractivity contribution in [2.75, 3.05) is 13.2 Å². The van der Waals surface area contributed by atoms with Crippen molar-refractivity contribution in [3.8, 4) is 5.69 Å². The number of rotatable bonds is 4. The fourth-order valence-electron chi connectivity index (χ4n) is 2.77. The van der Waals surface area contributed by atoms with E-state index in [-0.39, 0.29) is 12.1 Å². The number of nitrogens with zero attached hydrogens (tertiary/aromatic N) is 2. The first kappa shape index (κ1) is 14.8. The third-order valence-electron chi connectivity index (χ3n) is 4.10. The maximum absolute atomic E-state index is 12.5. The molecule has 2 heterocycles. The van der Waals surface area contributed by atoms with Crippen LogP contribution in [0.1, 0.15) is 30.1 Å². The number of hydrogen-bond donors (Lipinski definition) is 0. The minimum absolute atomic E-state index is 0.109. The molecule has 1 fully saturated rings. The fraction of sp³-hybridized carbons (Fsp3) is 0.412. The van der Waals surface area contributed by atoms with Gasteiger partial charge in [-0.3, -0.25) is 0 Å². The molecule has 0 radical (unpaired) electrons. The van der Waals surface area contributed by atoms with Crippen LogP contribution in [0.3, 0.4) is 0 Å². The van der Waals surface area contributed by atoms with Gasteiger partial charge in [0.15, 0.2) is 0 Å². The zero-order chi connectivity index (χ0) is 15.4. The van der Waals surface area contributed by atoms with Crippen LogP contribution in [-0.4, -0.2) is 35.1 Å². The topological polar surface area (TPSA) is 53.4 Å². The van der Waals surface area contributed by atoms with Crippen LogP contribution in [0.5, 0.6) is 0 Å². The van der Waals surface area contributed by atoms with Gasteiger partial charge in [0, 0.05) is 31.5 Å².